The van der Waals surface area contributed by atoms with E-state index >= 15 is 0 Å². The summed E-state index contributed by atoms with van der Waals surface area (Å²) in [6, 6.07) is 11.2. The molecule has 0 fully saturated rings. The summed E-state index contributed by atoms with van der Waals surface area (Å²) in [5.74, 6) is 0.101. The summed E-state index contributed by atoms with van der Waals surface area (Å²) in [5.41, 5.74) is 2.61. The van der Waals surface area contributed by atoms with Crippen LogP contribution in [0.25, 0.3) is 0 Å². The highest BCUT2D eigenvalue weighted by atomic mass is 32.2. The number of hydrogen-bond acceptors (Lipinski definition) is 5. The smallest absolute Gasteiger partial charge is 0.257 e. The third-order valence-electron chi connectivity index (χ3n) is 4.23. The first kappa shape index (κ1) is 20.2. The monoisotopic (exact) mass is 418 g/mol. The van der Waals surface area contributed by atoms with Crippen molar-refractivity contribution >= 4 is 33.1 Å². The highest BCUT2D eigenvalue weighted by Gasteiger charge is 2.17. The van der Waals surface area contributed by atoms with E-state index in [9.17, 15) is 13.2 Å². The fraction of sp³-hybridized carbons (Fsp3) is 0.263. The molecule has 0 radical (unpaired) electrons. The lowest BCUT2D eigenvalue weighted by Gasteiger charge is -2.19. The predicted molar refractivity (Wildman–Crippen MR) is 110 cm³/mol. The summed E-state index contributed by atoms with van der Waals surface area (Å²) in [4.78, 5) is 12.4. The molecular weight excluding hydrogens is 396 g/mol. The number of carbonyl (C=O) groups excluding carboxylic acids is 1. The SMILES string of the molecule is CC(C)(C)c1ccc(Cn2nccc2NC(=O)c2csc(S(N)(=O)=O)c2)cc1. The van der Waals surface area contributed by atoms with Gasteiger partial charge in [-0.1, -0.05) is 45.0 Å². The molecule has 28 heavy (non-hydrogen) atoms. The predicted octanol–water partition coefficient (Wildman–Crippen LogP) is 3.19. The van der Waals surface area contributed by atoms with Gasteiger partial charge in [-0.15, -0.1) is 11.3 Å². The number of rotatable bonds is 5. The molecule has 3 N–H and O–H groups in total. The Labute approximate surface area is 168 Å². The minimum Gasteiger partial charge on any atom is -0.307 e. The van der Waals surface area contributed by atoms with Gasteiger partial charge in [0.15, 0.2) is 0 Å². The topological polar surface area (TPSA) is 107 Å². The van der Waals surface area contributed by atoms with Crippen molar-refractivity contribution in [1.29, 1.82) is 0 Å². The van der Waals surface area contributed by atoms with E-state index in [1.165, 1.54) is 17.0 Å². The van der Waals surface area contributed by atoms with Crippen LogP contribution in [0.1, 0.15) is 42.3 Å². The first-order valence-corrected chi connectivity index (χ1v) is 11.0. The van der Waals surface area contributed by atoms with Gasteiger partial charge >= 0.3 is 0 Å². The van der Waals surface area contributed by atoms with Crippen molar-refractivity contribution in [3.05, 3.63) is 64.7 Å². The van der Waals surface area contributed by atoms with Crippen LogP contribution in [0.3, 0.4) is 0 Å². The summed E-state index contributed by atoms with van der Waals surface area (Å²) in [6.45, 7) is 6.98. The highest BCUT2D eigenvalue weighted by molar-refractivity contribution is 7.91. The molecular formula is C19H22N4O3S2. The third kappa shape index (κ3) is 4.67. The van der Waals surface area contributed by atoms with Crippen molar-refractivity contribution in [2.75, 3.05) is 5.32 Å². The molecule has 9 heteroatoms. The Kier molecular flexibility index (Phi) is 5.42. The van der Waals surface area contributed by atoms with Gasteiger partial charge in [0.05, 0.1) is 18.3 Å². The molecule has 0 aliphatic rings. The van der Waals surface area contributed by atoms with E-state index in [2.05, 4.69) is 43.3 Å². The summed E-state index contributed by atoms with van der Waals surface area (Å²) in [6.07, 6.45) is 1.60. The number of nitrogens with one attached hydrogen (secondary N) is 1. The molecule has 0 aliphatic heterocycles. The van der Waals surface area contributed by atoms with Gasteiger partial charge in [-0.3, -0.25) is 4.79 Å². The molecule has 7 nitrogen and oxygen atoms in total. The second kappa shape index (κ2) is 7.50. The standard InChI is InChI=1S/C19H22N4O3S2/c1-19(2,3)15-6-4-13(5-7-15)11-23-16(8-9-21-23)22-18(24)14-10-17(27-12-14)28(20,25)26/h4-10,12H,11H2,1-3H3,(H,22,24)(H2,20,25,26). The van der Waals surface area contributed by atoms with Gasteiger partial charge in [0, 0.05) is 11.4 Å². The first-order valence-electron chi connectivity index (χ1n) is 8.58. The molecule has 0 atom stereocenters. The molecule has 3 rings (SSSR count). The molecule has 0 bridgehead atoms. The second-order valence-corrected chi connectivity index (χ2v) is 10.2. The number of sulfonamides is 1. The van der Waals surface area contributed by atoms with Crippen molar-refractivity contribution in [1.82, 2.24) is 9.78 Å². The molecule has 0 spiro atoms. The quantitative estimate of drug-likeness (QED) is 0.663. The van der Waals surface area contributed by atoms with E-state index in [1.54, 1.807) is 16.9 Å². The lowest BCUT2D eigenvalue weighted by atomic mass is 9.87. The molecule has 0 saturated heterocycles. The molecule has 0 saturated carbocycles. The fourth-order valence-corrected chi connectivity index (χ4v) is 4.21. The van der Waals surface area contributed by atoms with Crippen molar-refractivity contribution < 1.29 is 13.2 Å². The lowest BCUT2D eigenvalue weighted by Crippen LogP contribution is -2.16. The van der Waals surface area contributed by atoms with Crippen LogP contribution in [-0.4, -0.2) is 24.1 Å². The van der Waals surface area contributed by atoms with Crippen LogP contribution in [0.2, 0.25) is 0 Å². The molecule has 1 aromatic carbocycles. The van der Waals surface area contributed by atoms with Gasteiger partial charge in [0.25, 0.3) is 5.91 Å². The van der Waals surface area contributed by atoms with E-state index in [-0.39, 0.29) is 15.2 Å². The van der Waals surface area contributed by atoms with E-state index < -0.39 is 15.9 Å². The van der Waals surface area contributed by atoms with Gasteiger partial charge < -0.3 is 5.32 Å². The first-order chi connectivity index (χ1) is 13.0. The average molecular weight is 419 g/mol. The Morgan fingerprint density at radius 3 is 2.46 bits per heavy atom. The van der Waals surface area contributed by atoms with Gasteiger partial charge in [-0.25, -0.2) is 18.2 Å². The van der Waals surface area contributed by atoms with Crippen molar-refractivity contribution in [3.63, 3.8) is 0 Å². The third-order valence-corrected chi connectivity index (χ3v) is 6.61. The Morgan fingerprint density at radius 2 is 1.89 bits per heavy atom. The molecule has 0 aliphatic carbocycles. The number of carbonyl (C=O) groups is 1. The van der Waals surface area contributed by atoms with Gasteiger partial charge in [-0.05, 0) is 22.6 Å². The van der Waals surface area contributed by atoms with Crippen LogP contribution >= 0.6 is 11.3 Å². The fourth-order valence-electron chi connectivity index (χ4n) is 2.62. The van der Waals surface area contributed by atoms with Crippen LogP contribution in [0.15, 0.2) is 52.2 Å². The van der Waals surface area contributed by atoms with E-state index in [0.29, 0.717) is 12.4 Å². The zero-order chi connectivity index (χ0) is 20.5. The average Bonchev–Trinajstić information content (AvgIpc) is 3.24. The number of amides is 1. The second-order valence-electron chi connectivity index (χ2n) is 7.47. The number of primary sulfonamides is 1. The normalized spacial score (nSPS) is 12.1. The van der Waals surface area contributed by atoms with Gasteiger partial charge in [0.1, 0.15) is 10.0 Å². The van der Waals surface area contributed by atoms with E-state index in [1.807, 2.05) is 12.1 Å². The maximum Gasteiger partial charge on any atom is 0.257 e. The largest absolute Gasteiger partial charge is 0.307 e. The Hall–Kier alpha value is -2.49. The molecule has 148 valence electrons. The summed E-state index contributed by atoms with van der Waals surface area (Å²) in [5, 5.41) is 13.6. The van der Waals surface area contributed by atoms with E-state index in [0.717, 1.165) is 16.9 Å². The highest BCUT2D eigenvalue weighted by Crippen LogP contribution is 2.23. The summed E-state index contributed by atoms with van der Waals surface area (Å²) >= 11 is 0.911. The van der Waals surface area contributed by atoms with Crippen LogP contribution < -0.4 is 10.5 Å². The molecule has 3 aromatic rings. The lowest BCUT2D eigenvalue weighted by molar-refractivity contribution is 0.102. The van der Waals surface area contributed by atoms with Crippen molar-refractivity contribution in [2.45, 2.75) is 36.9 Å². The van der Waals surface area contributed by atoms with Crippen LogP contribution in [0.4, 0.5) is 5.82 Å². The minimum atomic E-state index is -3.82. The number of thiophene rings is 1. The van der Waals surface area contributed by atoms with Crippen LogP contribution in [0, 0.1) is 0 Å². The molecule has 0 unspecified atom stereocenters. The molecule has 1 amide bonds. The Morgan fingerprint density at radius 1 is 1.21 bits per heavy atom. The molecule has 2 heterocycles. The zero-order valence-corrected chi connectivity index (χ0v) is 17.5. The summed E-state index contributed by atoms with van der Waals surface area (Å²) < 4.78 is 24.4. The molecule has 2 aromatic heterocycles. The number of aromatic nitrogens is 2. The van der Waals surface area contributed by atoms with Crippen LogP contribution in [0.5, 0.6) is 0 Å². The summed E-state index contributed by atoms with van der Waals surface area (Å²) in [7, 11) is -3.82. The number of nitrogens with two attached hydrogens (primary N) is 1. The van der Waals surface area contributed by atoms with Gasteiger partial charge in [0.2, 0.25) is 10.0 Å². The minimum absolute atomic E-state index is 0.0508. The maximum absolute atomic E-state index is 12.4. The van der Waals surface area contributed by atoms with Crippen LogP contribution in [-0.2, 0) is 22.0 Å². The number of nitrogens with zero attached hydrogens (tertiary/aromatic N) is 2. The number of hydrogen-bond donors (Lipinski definition) is 2. The maximum atomic E-state index is 12.4. The van der Waals surface area contributed by atoms with Gasteiger partial charge in [-0.2, -0.15) is 5.10 Å². The number of anilines is 1. The van der Waals surface area contributed by atoms with E-state index in [4.69, 9.17) is 5.14 Å². The number of benzene rings is 1. The Bertz CT molecular complexity index is 1090. The Balaban J connectivity index is 1.73. The van der Waals surface area contributed by atoms with Crippen molar-refractivity contribution in [3.8, 4) is 0 Å². The zero-order valence-electron chi connectivity index (χ0n) is 15.8. The van der Waals surface area contributed by atoms with Crippen molar-refractivity contribution in [2.24, 2.45) is 5.14 Å².